The molecule has 1 atom stereocenters. The Hall–Kier alpha value is -1.14. The maximum Gasteiger partial charge on any atom is 0.340 e. The summed E-state index contributed by atoms with van der Waals surface area (Å²) in [5, 5.41) is 9.90. The summed E-state index contributed by atoms with van der Waals surface area (Å²) < 4.78 is 5.05. The molecular formula is C12H18N2O3S. The fourth-order valence-corrected chi connectivity index (χ4v) is 2.65. The van der Waals surface area contributed by atoms with Crippen LogP contribution in [0.1, 0.15) is 35.7 Å². The second kappa shape index (κ2) is 6.70. The van der Waals surface area contributed by atoms with Crippen molar-refractivity contribution in [3.8, 4) is 0 Å². The van der Waals surface area contributed by atoms with Gasteiger partial charge < -0.3 is 9.84 Å². The van der Waals surface area contributed by atoms with Gasteiger partial charge in [0.25, 0.3) is 0 Å². The van der Waals surface area contributed by atoms with E-state index in [1.807, 2.05) is 13.8 Å². The van der Waals surface area contributed by atoms with Gasteiger partial charge in [-0.2, -0.15) is 0 Å². The summed E-state index contributed by atoms with van der Waals surface area (Å²) in [4.78, 5) is 19.8. The number of methoxy groups -OCH3 is 1. The van der Waals surface area contributed by atoms with Gasteiger partial charge in [-0.15, -0.1) is 0 Å². The van der Waals surface area contributed by atoms with E-state index in [0.717, 1.165) is 0 Å². The Kier molecular flexibility index (Phi) is 5.55. The summed E-state index contributed by atoms with van der Waals surface area (Å²) in [6, 6.07) is 0. The number of hydrogen-bond acceptors (Lipinski definition) is 5. The van der Waals surface area contributed by atoms with Crippen molar-refractivity contribution in [2.75, 3.05) is 13.7 Å². The number of aromatic nitrogens is 2. The van der Waals surface area contributed by atoms with Crippen LogP contribution in [0.5, 0.6) is 0 Å². The molecule has 1 heterocycles. The number of carboxylic acid groups (broad SMARTS) is 1. The van der Waals surface area contributed by atoms with E-state index in [9.17, 15) is 9.90 Å². The highest BCUT2D eigenvalue weighted by Gasteiger charge is 2.19. The molecule has 0 aromatic carbocycles. The highest BCUT2D eigenvalue weighted by Crippen LogP contribution is 2.27. The van der Waals surface area contributed by atoms with Crippen molar-refractivity contribution in [2.45, 2.75) is 37.5 Å². The molecule has 1 aromatic heterocycles. The third kappa shape index (κ3) is 3.68. The van der Waals surface area contributed by atoms with Gasteiger partial charge in [0.2, 0.25) is 0 Å². The standard InChI is InChI=1S/C12H18N2O3S/c1-5-9-13-8(3)10(12(15)16)11(14-9)18-7(2)6-17-4/h7H,5-6H2,1-4H3,(H,15,16). The van der Waals surface area contributed by atoms with Crippen molar-refractivity contribution in [3.05, 3.63) is 17.1 Å². The first-order chi connectivity index (χ1) is 8.49. The predicted molar refractivity (Wildman–Crippen MR) is 70.3 cm³/mol. The lowest BCUT2D eigenvalue weighted by atomic mass is 10.2. The van der Waals surface area contributed by atoms with Gasteiger partial charge in [0, 0.05) is 18.8 Å². The molecule has 0 saturated carbocycles. The Balaban J connectivity index is 3.13. The van der Waals surface area contributed by atoms with E-state index >= 15 is 0 Å². The van der Waals surface area contributed by atoms with Crippen molar-refractivity contribution in [3.63, 3.8) is 0 Å². The third-order valence-electron chi connectivity index (χ3n) is 2.35. The lowest BCUT2D eigenvalue weighted by molar-refractivity contribution is 0.0690. The first-order valence-electron chi connectivity index (χ1n) is 5.76. The number of aryl methyl sites for hydroxylation is 2. The number of nitrogens with zero attached hydrogens (tertiary/aromatic N) is 2. The van der Waals surface area contributed by atoms with E-state index in [1.54, 1.807) is 14.0 Å². The summed E-state index contributed by atoms with van der Waals surface area (Å²) in [5.74, 6) is -0.313. The van der Waals surface area contributed by atoms with E-state index in [2.05, 4.69) is 9.97 Å². The zero-order valence-electron chi connectivity index (χ0n) is 11.1. The van der Waals surface area contributed by atoms with E-state index in [-0.39, 0.29) is 10.8 Å². The lowest BCUT2D eigenvalue weighted by Gasteiger charge is -2.13. The second-order valence-electron chi connectivity index (χ2n) is 3.95. The summed E-state index contributed by atoms with van der Waals surface area (Å²) in [6.07, 6.45) is 0.687. The molecule has 1 unspecified atom stereocenters. The molecule has 5 nitrogen and oxygen atoms in total. The van der Waals surface area contributed by atoms with Crippen LogP contribution >= 0.6 is 11.8 Å². The van der Waals surface area contributed by atoms with Crippen LogP contribution in [-0.4, -0.2) is 40.0 Å². The van der Waals surface area contributed by atoms with Gasteiger partial charge in [0.1, 0.15) is 16.4 Å². The van der Waals surface area contributed by atoms with Gasteiger partial charge in [0.05, 0.1) is 12.3 Å². The Labute approximate surface area is 111 Å². The summed E-state index contributed by atoms with van der Waals surface area (Å²) in [5.41, 5.74) is 0.710. The van der Waals surface area contributed by atoms with Crippen LogP contribution in [0.3, 0.4) is 0 Å². The Morgan fingerprint density at radius 2 is 2.17 bits per heavy atom. The van der Waals surface area contributed by atoms with Crippen LogP contribution in [0.2, 0.25) is 0 Å². The fourth-order valence-electron chi connectivity index (χ4n) is 1.55. The van der Waals surface area contributed by atoms with Crippen molar-refractivity contribution in [1.29, 1.82) is 0 Å². The number of rotatable bonds is 6. The molecule has 0 bridgehead atoms. The van der Waals surface area contributed by atoms with Crippen molar-refractivity contribution < 1.29 is 14.6 Å². The van der Waals surface area contributed by atoms with Gasteiger partial charge in [-0.1, -0.05) is 25.6 Å². The smallest absolute Gasteiger partial charge is 0.340 e. The molecule has 0 spiro atoms. The number of ether oxygens (including phenoxy) is 1. The van der Waals surface area contributed by atoms with Crippen LogP contribution in [0.25, 0.3) is 0 Å². The van der Waals surface area contributed by atoms with Gasteiger partial charge in [-0.3, -0.25) is 0 Å². The minimum atomic E-state index is -0.984. The molecule has 6 heteroatoms. The van der Waals surface area contributed by atoms with Gasteiger partial charge in [-0.05, 0) is 6.92 Å². The Morgan fingerprint density at radius 3 is 2.67 bits per heavy atom. The Morgan fingerprint density at radius 1 is 1.50 bits per heavy atom. The normalized spacial score (nSPS) is 12.4. The number of carbonyl (C=O) groups is 1. The second-order valence-corrected chi connectivity index (χ2v) is 5.38. The van der Waals surface area contributed by atoms with Crippen LogP contribution in [-0.2, 0) is 11.2 Å². The summed E-state index contributed by atoms with van der Waals surface area (Å²) in [7, 11) is 1.62. The lowest BCUT2D eigenvalue weighted by Crippen LogP contribution is -2.12. The zero-order chi connectivity index (χ0) is 13.7. The number of thioether (sulfide) groups is 1. The zero-order valence-corrected chi connectivity index (χ0v) is 11.9. The molecular weight excluding hydrogens is 252 g/mol. The molecule has 100 valence electrons. The molecule has 0 radical (unpaired) electrons. The molecule has 18 heavy (non-hydrogen) atoms. The van der Waals surface area contributed by atoms with E-state index in [1.165, 1.54) is 11.8 Å². The number of aromatic carboxylic acids is 1. The molecule has 1 aromatic rings. The highest BCUT2D eigenvalue weighted by molar-refractivity contribution is 7.99. The van der Waals surface area contributed by atoms with E-state index in [0.29, 0.717) is 29.6 Å². The molecule has 0 fully saturated rings. The van der Waals surface area contributed by atoms with Crippen molar-refractivity contribution in [2.24, 2.45) is 0 Å². The molecule has 0 aliphatic heterocycles. The van der Waals surface area contributed by atoms with Crippen LogP contribution in [0, 0.1) is 6.92 Å². The quantitative estimate of drug-likeness (QED) is 0.631. The Bertz CT molecular complexity index is 438. The number of carboxylic acids is 1. The van der Waals surface area contributed by atoms with Gasteiger partial charge >= 0.3 is 5.97 Å². The van der Waals surface area contributed by atoms with Gasteiger partial charge in [0.15, 0.2) is 0 Å². The SMILES string of the molecule is CCc1nc(C)c(C(=O)O)c(SC(C)COC)n1. The summed E-state index contributed by atoms with van der Waals surface area (Å²) in [6.45, 7) is 6.18. The maximum absolute atomic E-state index is 11.3. The maximum atomic E-state index is 11.3. The molecule has 0 aliphatic rings. The molecule has 1 N–H and O–H groups in total. The van der Waals surface area contributed by atoms with Gasteiger partial charge in [-0.25, -0.2) is 14.8 Å². The topological polar surface area (TPSA) is 72.3 Å². The van der Waals surface area contributed by atoms with Crippen LogP contribution in [0.4, 0.5) is 0 Å². The third-order valence-corrected chi connectivity index (χ3v) is 3.40. The first-order valence-corrected chi connectivity index (χ1v) is 6.63. The predicted octanol–water partition coefficient (Wildman–Crippen LogP) is 2.17. The molecule has 0 saturated heterocycles. The van der Waals surface area contributed by atoms with Crippen molar-refractivity contribution in [1.82, 2.24) is 9.97 Å². The highest BCUT2D eigenvalue weighted by atomic mass is 32.2. The van der Waals surface area contributed by atoms with Crippen molar-refractivity contribution >= 4 is 17.7 Å². The largest absolute Gasteiger partial charge is 0.478 e. The minimum Gasteiger partial charge on any atom is -0.478 e. The number of hydrogen-bond donors (Lipinski definition) is 1. The average Bonchev–Trinajstić information content (AvgIpc) is 2.27. The molecule has 1 rings (SSSR count). The average molecular weight is 270 g/mol. The van der Waals surface area contributed by atoms with E-state index < -0.39 is 5.97 Å². The van der Waals surface area contributed by atoms with E-state index in [4.69, 9.17) is 4.74 Å². The molecule has 0 amide bonds. The molecule has 0 aliphatic carbocycles. The first kappa shape index (κ1) is 14.9. The monoisotopic (exact) mass is 270 g/mol. The summed E-state index contributed by atoms with van der Waals surface area (Å²) >= 11 is 1.41. The van der Waals surface area contributed by atoms with Crippen LogP contribution < -0.4 is 0 Å². The fraction of sp³-hybridized carbons (Fsp3) is 0.583. The van der Waals surface area contributed by atoms with Crippen LogP contribution in [0.15, 0.2) is 5.03 Å². The minimum absolute atomic E-state index is 0.145.